The number of nitrogens with one attached hydrogen (secondary N) is 1. The number of hydrogen-bond acceptors (Lipinski definition) is 4. The van der Waals surface area contributed by atoms with Gasteiger partial charge in [-0.15, -0.1) is 0 Å². The molecule has 1 aromatic carbocycles. The molecule has 0 aromatic heterocycles. The summed E-state index contributed by atoms with van der Waals surface area (Å²) in [5.41, 5.74) is 0.929. The first kappa shape index (κ1) is 14.5. The molecular weight excluding hydrogens is 242 g/mol. The molecule has 1 amide bonds. The number of allylic oxidation sites excluding steroid dienone is 1. The van der Waals surface area contributed by atoms with Crippen LogP contribution in [0.25, 0.3) is 0 Å². The average Bonchev–Trinajstić information content (AvgIpc) is 2.42. The maximum absolute atomic E-state index is 11.7. The minimum absolute atomic E-state index is 0.0366. The molecule has 1 rings (SSSR count). The predicted molar refractivity (Wildman–Crippen MR) is 71.5 cm³/mol. The van der Waals surface area contributed by atoms with E-state index in [0.29, 0.717) is 11.1 Å². The van der Waals surface area contributed by atoms with Crippen molar-refractivity contribution in [1.29, 1.82) is 5.26 Å². The van der Waals surface area contributed by atoms with E-state index in [9.17, 15) is 9.59 Å². The van der Waals surface area contributed by atoms with Crippen molar-refractivity contribution in [3.8, 4) is 6.07 Å². The van der Waals surface area contributed by atoms with Crippen molar-refractivity contribution in [1.82, 2.24) is 10.2 Å². The van der Waals surface area contributed by atoms with Crippen molar-refractivity contribution in [3.63, 3.8) is 0 Å². The summed E-state index contributed by atoms with van der Waals surface area (Å²) < 4.78 is 0. The first-order valence-corrected chi connectivity index (χ1v) is 5.68. The van der Waals surface area contributed by atoms with E-state index >= 15 is 0 Å². The molecule has 0 bridgehead atoms. The number of hydrogen-bond donors (Lipinski definition) is 1. The van der Waals surface area contributed by atoms with Gasteiger partial charge in [-0.1, -0.05) is 12.1 Å². The molecule has 19 heavy (non-hydrogen) atoms. The summed E-state index contributed by atoms with van der Waals surface area (Å²) in [6, 6.07) is 8.12. The molecule has 0 aliphatic heterocycles. The third kappa shape index (κ3) is 4.64. The highest BCUT2D eigenvalue weighted by atomic mass is 16.1. The van der Waals surface area contributed by atoms with Crippen molar-refractivity contribution in [2.75, 3.05) is 20.6 Å². The van der Waals surface area contributed by atoms with Crippen LogP contribution in [0.4, 0.5) is 0 Å². The van der Waals surface area contributed by atoms with Crippen LogP contribution in [0.2, 0.25) is 0 Å². The van der Waals surface area contributed by atoms with Gasteiger partial charge in [0.1, 0.15) is 6.54 Å². The Kier molecular flexibility index (Phi) is 5.30. The standard InChI is InChI=1S/C14H15N3O2/c1-17(2)10-7-13(18)11-3-5-12(6-4-11)14(19)16-9-8-15/h3-7,10H,9H2,1-2H3,(H,16,19). The number of rotatable bonds is 5. The van der Waals surface area contributed by atoms with Gasteiger partial charge in [0, 0.05) is 37.5 Å². The summed E-state index contributed by atoms with van der Waals surface area (Å²) in [4.78, 5) is 25.0. The highest BCUT2D eigenvalue weighted by Crippen LogP contribution is 2.06. The van der Waals surface area contributed by atoms with Crippen LogP contribution in [0, 0.1) is 11.3 Å². The van der Waals surface area contributed by atoms with Crippen molar-refractivity contribution in [2.24, 2.45) is 0 Å². The van der Waals surface area contributed by atoms with Gasteiger partial charge in [0.25, 0.3) is 5.91 Å². The SMILES string of the molecule is CN(C)C=CC(=O)c1ccc(C(=O)NCC#N)cc1. The first-order chi connectivity index (χ1) is 9.04. The zero-order chi connectivity index (χ0) is 14.3. The minimum Gasteiger partial charge on any atom is -0.383 e. The zero-order valence-electron chi connectivity index (χ0n) is 10.9. The van der Waals surface area contributed by atoms with E-state index < -0.39 is 0 Å². The Labute approximate surface area is 112 Å². The molecule has 1 N–H and O–H groups in total. The highest BCUT2D eigenvalue weighted by Gasteiger charge is 2.06. The number of nitriles is 1. The minimum atomic E-state index is -0.329. The fourth-order valence-corrected chi connectivity index (χ4v) is 1.32. The lowest BCUT2D eigenvalue weighted by atomic mass is 10.1. The van der Waals surface area contributed by atoms with Gasteiger partial charge in [0.15, 0.2) is 5.78 Å². The number of carbonyl (C=O) groups is 2. The Morgan fingerprint density at radius 3 is 2.37 bits per heavy atom. The fourth-order valence-electron chi connectivity index (χ4n) is 1.32. The van der Waals surface area contributed by atoms with Gasteiger partial charge in [-0.05, 0) is 12.1 Å². The molecule has 0 aliphatic carbocycles. The largest absolute Gasteiger partial charge is 0.383 e. The lowest BCUT2D eigenvalue weighted by molar-refractivity contribution is 0.0957. The third-order valence-electron chi connectivity index (χ3n) is 2.28. The van der Waals surface area contributed by atoms with Crippen molar-refractivity contribution in [2.45, 2.75) is 0 Å². The Bertz CT molecular complexity index is 525. The van der Waals surface area contributed by atoms with E-state index in [1.807, 2.05) is 20.2 Å². The van der Waals surface area contributed by atoms with Crippen LogP contribution in [0.1, 0.15) is 20.7 Å². The average molecular weight is 257 g/mol. The Hall–Kier alpha value is -2.61. The summed E-state index contributed by atoms with van der Waals surface area (Å²) in [5.74, 6) is -0.456. The van der Waals surface area contributed by atoms with Crippen LogP contribution in [0.5, 0.6) is 0 Å². The second kappa shape index (κ2) is 6.97. The molecule has 0 spiro atoms. The van der Waals surface area contributed by atoms with Gasteiger partial charge in [0.05, 0.1) is 6.07 Å². The monoisotopic (exact) mass is 257 g/mol. The lowest BCUT2D eigenvalue weighted by Crippen LogP contribution is -2.23. The van der Waals surface area contributed by atoms with Crippen LogP contribution in [-0.4, -0.2) is 37.2 Å². The maximum atomic E-state index is 11.7. The van der Waals surface area contributed by atoms with Crippen molar-refractivity contribution in [3.05, 3.63) is 47.7 Å². The van der Waals surface area contributed by atoms with E-state index in [0.717, 1.165) is 0 Å². The van der Waals surface area contributed by atoms with E-state index in [4.69, 9.17) is 5.26 Å². The van der Waals surface area contributed by atoms with E-state index in [-0.39, 0.29) is 18.2 Å². The summed E-state index contributed by atoms with van der Waals surface area (Å²) in [7, 11) is 3.65. The van der Waals surface area contributed by atoms with E-state index in [2.05, 4.69) is 5.32 Å². The molecule has 0 fully saturated rings. The third-order valence-corrected chi connectivity index (χ3v) is 2.28. The molecule has 1 aromatic rings. The topological polar surface area (TPSA) is 73.2 Å². The summed E-state index contributed by atoms with van der Waals surface area (Å²) in [6.45, 7) is -0.0366. The highest BCUT2D eigenvalue weighted by molar-refractivity contribution is 6.05. The molecule has 0 saturated heterocycles. The van der Waals surface area contributed by atoms with Gasteiger partial charge in [-0.25, -0.2) is 0 Å². The maximum Gasteiger partial charge on any atom is 0.252 e. The summed E-state index contributed by atoms with van der Waals surface area (Å²) in [5, 5.41) is 10.8. The molecule has 0 unspecified atom stereocenters. The number of nitrogens with zero attached hydrogens (tertiary/aromatic N) is 2. The Balaban J connectivity index is 2.74. The number of amides is 1. The Morgan fingerprint density at radius 1 is 1.26 bits per heavy atom. The molecule has 98 valence electrons. The van der Waals surface area contributed by atoms with Crippen LogP contribution >= 0.6 is 0 Å². The number of benzene rings is 1. The van der Waals surface area contributed by atoms with E-state index in [1.54, 1.807) is 35.4 Å². The van der Waals surface area contributed by atoms with Crippen LogP contribution < -0.4 is 5.32 Å². The van der Waals surface area contributed by atoms with Crippen LogP contribution in [-0.2, 0) is 0 Å². The molecular formula is C14H15N3O2. The summed E-state index contributed by atoms with van der Waals surface area (Å²) in [6.07, 6.45) is 3.13. The van der Waals surface area contributed by atoms with Crippen LogP contribution in [0.15, 0.2) is 36.5 Å². The molecule has 5 nitrogen and oxygen atoms in total. The first-order valence-electron chi connectivity index (χ1n) is 5.68. The van der Waals surface area contributed by atoms with Gasteiger partial charge >= 0.3 is 0 Å². The van der Waals surface area contributed by atoms with Gasteiger partial charge in [0.2, 0.25) is 0 Å². The van der Waals surface area contributed by atoms with Crippen LogP contribution in [0.3, 0.4) is 0 Å². The van der Waals surface area contributed by atoms with Gasteiger partial charge in [-0.2, -0.15) is 5.26 Å². The predicted octanol–water partition coefficient (Wildman–Crippen LogP) is 1.20. The Morgan fingerprint density at radius 2 is 1.84 bits per heavy atom. The zero-order valence-corrected chi connectivity index (χ0v) is 10.9. The normalized spacial score (nSPS) is 9.95. The smallest absolute Gasteiger partial charge is 0.252 e. The fraction of sp³-hybridized carbons (Fsp3) is 0.214. The summed E-state index contributed by atoms with van der Waals surface area (Å²) >= 11 is 0. The van der Waals surface area contributed by atoms with Crippen molar-refractivity contribution < 1.29 is 9.59 Å². The molecule has 0 saturated carbocycles. The second-order valence-corrected chi connectivity index (χ2v) is 4.06. The molecule has 0 radical (unpaired) electrons. The molecule has 0 atom stereocenters. The van der Waals surface area contributed by atoms with Crippen molar-refractivity contribution >= 4 is 11.7 Å². The van der Waals surface area contributed by atoms with Gasteiger partial charge < -0.3 is 10.2 Å². The molecule has 0 heterocycles. The number of carbonyl (C=O) groups excluding carboxylic acids is 2. The van der Waals surface area contributed by atoms with E-state index in [1.165, 1.54) is 6.08 Å². The molecule has 0 aliphatic rings. The number of ketones is 1. The quantitative estimate of drug-likeness (QED) is 0.488. The lowest BCUT2D eigenvalue weighted by Gasteiger charge is -2.04. The molecule has 5 heteroatoms. The second-order valence-electron chi connectivity index (χ2n) is 4.06. The van der Waals surface area contributed by atoms with Gasteiger partial charge in [-0.3, -0.25) is 9.59 Å².